The highest BCUT2D eigenvalue weighted by Crippen LogP contribution is 2.34. The maximum Gasteiger partial charge on any atom is 0.342 e. The van der Waals surface area contributed by atoms with Crippen LogP contribution in [0.25, 0.3) is 0 Å². The van der Waals surface area contributed by atoms with Gasteiger partial charge in [0.05, 0.1) is 28.4 Å². The van der Waals surface area contributed by atoms with Gasteiger partial charge in [0.15, 0.2) is 18.1 Å². The first-order valence-electron chi connectivity index (χ1n) is 8.63. The van der Waals surface area contributed by atoms with Gasteiger partial charge in [-0.3, -0.25) is 10.1 Å². The molecular weight excluding hydrogens is 396 g/mol. The van der Waals surface area contributed by atoms with Crippen LogP contribution in [0.3, 0.4) is 0 Å². The smallest absolute Gasteiger partial charge is 0.342 e. The van der Waals surface area contributed by atoms with Crippen molar-refractivity contribution in [2.45, 2.75) is 0 Å². The van der Waals surface area contributed by atoms with Crippen molar-refractivity contribution >= 4 is 23.6 Å². The third kappa shape index (κ3) is 5.77. The molecule has 30 heavy (non-hydrogen) atoms. The van der Waals surface area contributed by atoms with Crippen LogP contribution in [0, 0.1) is 0 Å². The molecule has 0 spiro atoms. The van der Waals surface area contributed by atoms with Crippen LogP contribution in [0.2, 0.25) is 0 Å². The van der Waals surface area contributed by atoms with Crippen molar-refractivity contribution in [3.8, 4) is 23.0 Å². The molecule has 2 rings (SSSR count). The van der Waals surface area contributed by atoms with Crippen LogP contribution in [0.1, 0.15) is 10.4 Å². The Hall–Kier alpha value is -3.95. The van der Waals surface area contributed by atoms with E-state index in [0.717, 1.165) is 0 Å². The number of esters is 1. The summed E-state index contributed by atoms with van der Waals surface area (Å²) in [5, 5.41) is 4.53. The first-order valence-corrected chi connectivity index (χ1v) is 8.63. The van der Waals surface area contributed by atoms with Gasteiger partial charge in [-0.05, 0) is 24.3 Å². The third-order valence-corrected chi connectivity index (χ3v) is 3.86. The van der Waals surface area contributed by atoms with E-state index in [1.807, 2.05) is 0 Å². The van der Waals surface area contributed by atoms with E-state index in [0.29, 0.717) is 17.2 Å². The lowest BCUT2D eigenvalue weighted by atomic mass is 10.1. The molecule has 0 aliphatic rings. The SMILES string of the molecule is COc1ccc(NC(=O)NC(=O)COC(=O)c2cc(OC)c(OC)cc2OC)cc1. The number of carbonyl (C=O) groups excluding carboxylic acids is 3. The third-order valence-electron chi connectivity index (χ3n) is 3.86. The van der Waals surface area contributed by atoms with E-state index in [4.69, 9.17) is 23.7 Å². The summed E-state index contributed by atoms with van der Waals surface area (Å²) in [7, 11) is 5.74. The molecule has 2 aromatic rings. The van der Waals surface area contributed by atoms with Crippen molar-refractivity contribution in [1.82, 2.24) is 5.32 Å². The Bertz CT molecular complexity index is 912. The summed E-state index contributed by atoms with van der Waals surface area (Å²) >= 11 is 0. The zero-order valence-corrected chi connectivity index (χ0v) is 16.9. The number of carbonyl (C=O) groups is 3. The molecule has 0 fully saturated rings. The summed E-state index contributed by atoms with van der Waals surface area (Å²) in [5.74, 6) is -0.204. The summed E-state index contributed by atoms with van der Waals surface area (Å²) < 4.78 is 25.4. The predicted molar refractivity (Wildman–Crippen MR) is 107 cm³/mol. The average molecular weight is 418 g/mol. The van der Waals surface area contributed by atoms with Crippen LogP contribution in [0.15, 0.2) is 36.4 Å². The van der Waals surface area contributed by atoms with Gasteiger partial charge in [-0.1, -0.05) is 0 Å². The number of methoxy groups -OCH3 is 4. The lowest BCUT2D eigenvalue weighted by Crippen LogP contribution is -2.37. The minimum absolute atomic E-state index is 0.0330. The van der Waals surface area contributed by atoms with Gasteiger partial charge in [0.25, 0.3) is 5.91 Å². The van der Waals surface area contributed by atoms with Gasteiger partial charge in [0, 0.05) is 17.8 Å². The van der Waals surface area contributed by atoms with Crippen LogP contribution < -0.4 is 29.6 Å². The number of imide groups is 1. The molecule has 0 saturated heterocycles. The molecule has 2 N–H and O–H groups in total. The van der Waals surface area contributed by atoms with Gasteiger partial charge in [0.2, 0.25) is 0 Å². The molecule has 0 saturated carbocycles. The van der Waals surface area contributed by atoms with E-state index in [2.05, 4.69) is 10.6 Å². The van der Waals surface area contributed by atoms with E-state index in [-0.39, 0.29) is 17.1 Å². The predicted octanol–water partition coefficient (Wildman–Crippen LogP) is 2.23. The zero-order chi connectivity index (χ0) is 22.1. The van der Waals surface area contributed by atoms with Crippen LogP contribution in [0.5, 0.6) is 23.0 Å². The Balaban J connectivity index is 1.93. The summed E-state index contributed by atoms with van der Waals surface area (Å²) in [4.78, 5) is 36.1. The number of benzene rings is 2. The van der Waals surface area contributed by atoms with Crippen molar-refractivity contribution < 1.29 is 38.1 Å². The zero-order valence-electron chi connectivity index (χ0n) is 16.9. The Kier molecular flexibility index (Phi) is 7.86. The molecule has 10 heteroatoms. The van der Waals surface area contributed by atoms with Crippen LogP contribution >= 0.6 is 0 Å². The van der Waals surface area contributed by atoms with E-state index < -0.39 is 24.5 Å². The second kappa shape index (κ2) is 10.6. The second-order valence-corrected chi connectivity index (χ2v) is 5.71. The fraction of sp³-hybridized carbons (Fsp3) is 0.250. The van der Waals surface area contributed by atoms with Crippen molar-refractivity contribution in [1.29, 1.82) is 0 Å². The van der Waals surface area contributed by atoms with Crippen molar-refractivity contribution in [3.05, 3.63) is 42.0 Å². The monoisotopic (exact) mass is 418 g/mol. The summed E-state index contributed by atoms with van der Waals surface area (Å²) in [6, 6.07) is 8.56. The number of hydrogen-bond donors (Lipinski definition) is 2. The highest BCUT2D eigenvalue weighted by molar-refractivity contribution is 6.02. The van der Waals surface area contributed by atoms with Crippen molar-refractivity contribution in [3.63, 3.8) is 0 Å². The quantitative estimate of drug-likeness (QED) is 0.626. The summed E-state index contributed by atoms with van der Waals surface area (Å²) in [6.07, 6.45) is 0. The van der Waals surface area contributed by atoms with Gasteiger partial charge in [0.1, 0.15) is 17.1 Å². The molecule has 0 radical (unpaired) electrons. The lowest BCUT2D eigenvalue weighted by Gasteiger charge is -2.13. The van der Waals surface area contributed by atoms with Crippen LogP contribution in [-0.2, 0) is 9.53 Å². The van der Waals surface area contributed by atoms with Gasteiger partial charge in [-0.2, -0.15) is 0 Å². The standard InChI is InChI=1S/C20H22N2O8/c1-26-13-7-5-12(6-8-13)21-20(25)22-18(23)11-30-19(24)14-9-16(28-3)17(29-4)10-15(14)27-2/h5-10H,11H2,1-4H3,(H2,21,22,23,25). The highest BCUT2D eigenvalue weighted by atomic mass is 16.5. The van der Waals surface area contributed by atoms with E-state index in [1.165, 1.54) is 40.6 Å². The Morgan fingerprint density at radius 1 is 0.800 bits per heavy atom. The fourth-order valence-electron chi connectivity index (χ4n) is 2.40. The number of urea groups is 1. The molecule has 10 nitrogen and oxygen atoms in total. The van der Waals surface area contributed by atoms with Crippen molar-refractivity contribution in [2.75, 3.05) is 40.4 Å². The number of amides is 3. The van der Waals surface area contributed by atoms with Crippen molar-refractivity contribution in [2.24, 2.45) is 0 Å². The van der Waals surface area contributed by atoms with Gasteiger partial charge in [-0.15, -0.1) is 0 Å². The van der Waals surface area contributed by atoms with Gasteiger partial charge < -0.3 is 29.0 Å². The van der Waals surface area contributed by atoms with Crippen LogP contribution in [-0.4, -0.2) is 53.0 Å². The van der Waals surface area contributed by atoms with Gasteiger partial charge in [-0.25, -0.2) is 9.59 Å². The summed E-state index contributed by atoms with van der Waals surface area (Å²) in [5.41, 5.74) is 0.485. The van der Waals surface area contributed by atoms with E-state index in [9.17, 15) is 14.4 Å². The molecule has 0 aromatic heterocycles. The molecule has 0 heterocycles. The maximum absolute atomic E-state index is 12.3. The maximum atomic E-state index is 12.3. The topological polar surface area (TPSA) is 121 Å². The molecule has 0 aliphatic carbocycles. The molecule has 2 aromatic carbocycles. The molecule has 0 atom stereocenters. The number of nitrogens with one attached hydrogen (secondary N) is 2. The largest absolute Gasteiger partial charge is 0.497 e. The molecule has 3 amide bonds. The number of rotatable bonds is 8. The normalized spacial score (nSPS) is 9.87. The van der Waals surface area contributed by atoms with E-state index in [1.54, 1.807) is 24.3 Å². The molecule has 0 bridgehead atoms. The fourth-order valence-corrected chi connectivity index (χ4v) is 2.40. The van der Waals surface area contributed by atoms with Crippen LogP contribution in [0.4, 0.5) is 10.5 Å². The Labute approximate surface area is 173 Å². The molecule has 0 aliphatic heterocycles. The second-order valence-electron chi connectivity index (χ2n) is 5.71. The number of hydrogen-bond acceptors (Lipinski definition) is 8. The minimum atomic E-state index is -0.835. The van der Waals surface area contributed by atoms with Gasteiger partial charge >= 0.3 is 12.0 Å². The molecular formula is C20H22N2O8. The average Bonchev–Trinajstić information content (AvgIpc) is 2.76. The highest BCUT2D eigenvalue weighted by Gasteiger charge is 2.20. The van der Waals surface area contributed by atoms with E-state index >= 15 is 0 Å². The first kappa shape index (κ1) is 22.3. The first-order chi connectivity index (χ1) is 14.4. The molecule has 160 valence electrons. The lowest BCUT2D eigenvalue weighted by molar-refractivity contribution is -0.123. The molecule has 0 unspecified atom stereocenters. The Morgan fingerprint density at radius 3 is 1.97 bits per heavy atom. The summed E-state index contributed by atoms with van der Waals surface area (Å²) in [6.45, 7) is -0.674. The Morgan fingerprint density at radius 2 is 1.40 bits per heavy atom. The minimum Gasteiger partial charge on any atom is -0.497 e. The number of ether oxygens (including phenoxy) is 5. The number of anilines is 1.